The van der Waals surface area contributed by atoms with Crippen LogP contribution in [0.4, 0.5) is 0 Å². The van der Waals surface area contributed by atoms with E-state index < -0.39 is 0 Å². The van der Waals surface area contributed by atoms with Gasteiger partial charge in [-0.2, -0.15) is 0 Å². The third kappa shape index (κ3) is 13.0. The number of benzene rings is 3. The molecule has 0 aliphatic rings. The normalized spacial score (nSPS) is 8.18. The number of rotatable bonds is 0. The van der Waals surface area contributed by atoms with Gasteiger partial charge in [0.25, 0.3) is 0 Å². The molecule has 0 nitrogen and oxygen atoms in total. The van der Waals surface area contributed by atoms with Gasteiger partial charge in [0.15, 0.2) is 0 Å². The topological polar surface area (TPSA) is 0 Å². The van der Waals surface area contributed by atoms with Crippen LogP contribution in [0, 0.1) is 40.4 Å². The molecule has 1 radical (unpaired) electrons. The zero-order valence-electron chi connectivity index (χ0n) is 11.8. The van der Waals surface area contributed by atoms with Crippen molar-refractivity contribution in [2.45, 2.75) is 0 Å². The Morgan fingerprint density at radius 3 is 0.636 bits per heavy atom. The van der Waals surface area contributed by atoms with Crippen molar-refractivity contribution in [1.82, 2.24) is 0 Å². The Balaban J connectivity index is 0.000000294. The minimum atomic E-state index is 0. The summed E-state index contributed by atoms with van der Waals surface area (Å²) in [6.07, 6.45) is 0. The Hall–Kier alpha value is 0.556. The summed E-state index contributed by atoms with van der Waals surface area (Å²) in [5.74, 6) is 0. The third-order valence-electron chi connectivity index (χ3n) is 2.23. The van der Waals surface area contributed by atoms with Crippen LogP contribution >= 0.6 is 0 Å². The van der Waals surface area contributed by atoms with Crippen molar-refractivity contribution in [2.24, 2.45) is 0 Å². The minimum Gasteiger partial charge on any atom is 3.00 e. The van der Waals surface area contributed by atoms with E-state index >= 15 is 0 Å². The molecular weight excluding hydrogens is 603 g/mol. The summed E-state index contributed by atoms with van der Waals surface area (Å²) in [6, 6.07) is 30.2. The first-order valence-electron chi connectivity index (χ1n) is 6.34. The summed E-state index contributed by atoms with van der Waals surface area (Å²) >= 11 is 8.71. The summed E-state index contributed by atoms with van der Waals surface area (Å²) in [6.45, 7) is 0. The first-order valence-corrected chi connectivity index (χ1v) is 8.91. The van der Waals surface area contributed by atoms with Crippen molar-refractivity contribution in [1.29, 1.82) is 0 Å². The molecule has 4 heteroatoms. The summed E-state index contributed by atoms with van der Waals surface area (Å²) in [5.41, 5.74) is 0. The third-order valence-corrected chi connectivity index (χ3v) is 3.94. The maximum atomic E-state index is 2.90. The SMILES string of the molecule is [Se-]c1ccccc1.[Se-]c1ccccc1.[Se-]c1ccccc1.[Sm+3]. The molecule has 3 aromatic rings. The Bertz CT molecular complexity index is 497. The van der Waals surface area contributed by atoms with Crippen molar-refractivity contribution < 1.29 is 40.4 Å². The summed E-state index contributed by atoms with van der Waals surface area (Å²) in [7, 11) is 0. The molecule has 111 valence electrons. The van der Waals surface area contributed by atoms with Crippen molar-refractivity contribution >= 4 is 61.4 Å². The van der Waals surface area contributed by atoms with Crippen LogP contribution in [0.25, 0.3) is 0 Å². The molecule has 0 bridgehead atoms. The van der Waals surface area contributed by atoms with Gasteiger partial charge in [-0.05, 0) is 0 Å². The van der Waals surface area contributed by atoms with Crippen LogP contribution in [-0.2, 0) is 0 Å². The van der Waals surface area contributed by atoms with E-state index in [0.29, 0.717) is 0 Å². The van der Waals surface area contributed by atoms with Crippen molar-refractivity contribution in [3.05, 3.63) is 91.0 Å². The van der Waals surface area contributed by atoms with E-state index in [1.165, 1.54) is 13.4 Å². The fraction of sp³-hybridized carbons (Fsp3) is 0. The van der Waals surface area contributed by atoms with E-state index in [1.807, 2.05) is 91.0 Å². The molecule has 0 saturated heterocycles. The monoisotopic (exact) mass is 623 g/mol. The number of hydrogen-bond donors (Lipinski definition) is 0. The van der Waals surface area contributed by atoms with Gasteiger partial charge in [-0.1, -0.05) is 0 Å². The average Bonchev–Trinajstić information content (AvgIpc) is 2.51. The van der Waals surface area contributed by atoms with Crippen LogP contribution in [0.15, 0.2) is 91.0 Å². The Morgan fingerprint density at radius 1 is 0.364 bits per heavy atom. The smallest absolute Gasteiger partial charge is 3.00 e. The number of hydrogen-bond acceptors (Lipinski definition) is 0. The molecule has 0 heterocycles. The van der Waals surface area contributed by atoms with E-state index in [-0.39, 0.29) is 40.4 Å². The van der Waals surface area contributed by atoms with E-state index in [0.717, 1.165) is 0 Å². The summed E-state index contributed by atoms with van der Waals surface area (Å²) < 4.78 is 3.59. The van der Waals surface area contributed by atoms with Gasteiger partial charge >= 0.3 is 193 Å². The molecule has 0 aliphatic carbocycles. The van der Waals surface area contributed by atoms with Crippen LogP contribution in [0.2, 0.25) is 0 Å². The van der Waals surface area contributed by atoms with Crippen LogP contribution in [0.3, 0.4) is 0 Å². The fourth-order valence-corrected chi connectivity index (χ4v) is 2.25. The largest absolute Gasteiger partial charge is 3.00 e. The first kappa shape index (κ1) is 22.6. The Labute approximate surface area is 190 Å². The Morgan fingerprint density at radius 2 is 0.545 bits per heavy atom. The quantitative estimate of drug-likeness (QED) is 0.335. The van der Waals surface area contributed by atoms with Crippen LogP contribution in [0.1, 0.15) is 0 Å². The molecule has 0 atom stereocenters. The zero-order chi connectivity index (χ0) is 15.3. The molecule has 3 aromatic carbocycles. The van der Waals surface area contributed by atoms with Gasteiger partial charge < -0.3 is 0 Å². The van der Waals surface area contributed by atoms with E-state index in [1.54, 1.807) is 0 Å². The van der Waals surface area contributed by atoms with Gasteiger partial charge in [0.2, 0.25) is 0 Å². The first-order chi connectivity index (χ1) is 10.2. The maximum absolute atomic E-state index is 2.90. The second-order valence-corrected chi connectivity index (χ2v) is 6.91. The molecule has 3 rings (SSSR count). The second kappa shape index (κ2) is 15.1. The molecule has 0 fully saturated rings. The van der Waals surface area contributed by atoms with Gasteiger partial charge in [0, 0.05) is 0 Å². The van der Waals surface area contributed by atoms with Crippen LogP contribution in [0.5, 0.6) is 0 Å². The molecule has 22 heavy (non-hydrogen) atoms. The van der Waals surface area contributed by atoms with E-state index in [2.05, 4.69) is 48.0 Å². The minimum absolute atomic E-state index is 0. The Kier molecular flexibility index (Phi) is 15.5. The van der Waals surface area contributed by atoms with Gasteiger partial charge in [-0.25, -0.2) is 0 Å². The van der Waals surface area contributed by atoms with Crippen molar-refractivity contribution in [2.75, 3.05) is 0 Å². The molecule has 0 aromatic heterocycles. The van der Waals surface area contributed by atoms with Gasteiger partial charge in [0.1, 0.15) is 0 Å². The predicted octanol–water partition coefficient (Wildman–Crippen LogP) is 1.44. The van der Waals surface area contributed by atoms with E-state index in [9.17, 15) is 0 Å². The standard InChI is InChI=1S/3C6H6Se.Sm/c3*7-6-4-2-1-3-5-6;/h3*1-5,7H;/q;;;+3/p-3. The average molecular weight is 619 g/mol. The van der Waals surface area contributed by atoms with Crippen LogP contribution < -0.4 is 13.4 Å². The summed E-state index contributed by atoms with van der Waals surface area (Å²) in [4.78, 5) is 0. The van der Waals surface area contributed by atoms with Gasteiger partial charge in [-0.15, -0.1) is 0 Å². The zero-order valence-corrected chi connectivity index (χ0v) is 19.6. The van der Waals surface area contributed by atoms with Crippen molar-refractivity contribution in [3.63, 3.8) is 0 Å². The predicted molar refractivity (Wildman–Crippen MR) is 95.5 cm³/mol. The molecule has 0 unspecified atom stereocenters. The van der Waals surface area contributed by atoms with E-state index in [4.69, 9.17) is 0 Å². The maximum Gasteiger partial charge on any atom is 3.00 e. The molecule has 0 saturated carbocycles. The molecule has 0 N–H and O–H groups in total. The molecular formula is C18H15Se3Sm. The second-order valence-electron chi connectivity index (χ2n) is 3.94. The van der Waals surface area contributed by atoms with Crippen LogP contribution in [-0.4, -0.2) is 48.0 Å². The molecule has 0 aliphatic heterocycles. The molecule has 0 amide bonds. The summed E-state index contributed by atoms with van der Waals surface area (Å²) in [5, 5.41) is 0. The fourth-order valence-electron chi connectivity index (χ4n) is 1.26. The van der Waals surface area contributed by atoms with Crippen molar-refractivity contribution in [3.8, 4) is 0 Å². The van der Waals surface area contributed by atoms with Gasteiger partial charge in [-0.3, -0.25) is 0 Å². The molecule has 0 spiro atoms. The van der Waals surface area contributed by atoms with Gasteiger partial charge in [0.05, 0.1) is 0 Å².